The van der Waals surface area contributed by atoms with E-state index in [2.05, 4.69) is 10.6 Å². The summed E-state index contributed by atoms with van der Waals surface area (Å²) in [4.78, 5) is 12.1. The Morgan fingerprint density at radius 3 is 2.88 bits per heavy atom. The Labute approximate surface area is 100 Å². The van der Waals surface area contributed by atoms with Gasteiger partial charge in [-0.3, -0.25) is 4.79 Å². The van der Waals surface area contributed by atoms with Crippen molar-refractivity contribution in [3.63, 3.8) is 0 Å². The van der Waals surface area contributed by atoms with Gasteiger partial charge < -0.3 is 10.6 Å². The van der Waals surface area contributed by atoms with Gasteiger partial charge in [-0.15, -0.1) is 0 Å². The molecule has 2 N–H and O–H groups in total. The van der Waals surface area contributed by atoms with Crippen LogP contribution < -0.4 is 10.6 Å². The fraction of sp³-hybridized carbons (Fsp3) is 0.462. The Bertz CT molecular complexity index is 439. The first kappa shape index (κ1) is 12.0. The highest BCUT2D eigenvalue weighted by molar-refractivity contribution is 5.95. The minimum Gasteiger partial charge on any atom is -0.326 e. The van der Waals surface area contributed by atoms with Crippen LogP contribution in [0.25, 0.3) is 0 Å². The minimum atomic E-state index is -0.359. The van der Waals surface area contributed by atoms with Gasteiger partial charge in [0.1, 0.15) is 5.82 Å². The molecule has 92 valence electrons. The summed E-state index contributed by atoms with van der Waals surface area (Å²) in [6.07, 6.45) is 0.832. The molecule has 1 saturated heterocycles. The Kier molecular flexibility index (Phi) is 3.15. The Hall–Kier alpha value is -1.42. The summed E-state index contributed by atoms with van der Waals surface area (Å²) in [6.45, 7) is 5.19. The molecule has 4 heteroatoms. The Morgan fingerprint density at radius 2 is 2.29 bits per heavy atom. The van der Waals surface area contributed by atoms with Gasteiger partial charge in [-0.05, 0) is 50.6 Å². The molecule has 1 aromatic rings. The molecule has 1 aliphatic rings. The molecule has 0 aliphatic carbocycles. The zero-order chi connectivity index (χ0) is 12.5. The van der Waals surface area contributed by atoms with E-state index in [0.29, 0.717) is 17.8 Å². The van der Waals surface area contributed by atoms with Crippen LogP contribution in [-0.2, 0) is 4.79 Å². The summed E-state index contributed by atoms with van der Waals surface area (Å²) >= 11 is 0. The molecule has 17 heavy (non-hydrogen) atoms. The smallest absolute Gasteiger partial charge is 0.231 e. The molecule has 2 rings (SSSR count). The van der Waals surface area contributed by atoms with Crippen molar-refractivity contribution in [1.29, 1.82) is 0 Å². The molecule has 1 fully saturated rings. The number of carbonyl (C=O) groups excluding carboxylic acids is 1. The molecule has 0 bridgehead atoms. The molecule has 1 heterocycles. The molecule has 0 aromatic heterocycles. The van der Waals surface area contributed by atoms with E-state index in [4.69, 9.17) is 0 Å². The standard InChI is InChI=1S/C13H17FN2O/c1-9-7-10(3-4-11(9)14)16-12(17)13(2)5-6-15-8-13/h3-4,7,15H,5-6,8H2,1-2H3,(H,16,17). The van der Waals surface area contributed by atoms with Gasteiger partial charge in [-0.2, -0.15) is 0 Å². The lowest BCUT2D eigenvalue weighted by molar-refractivity contribution is -0.123. The highest BCUT2D eigenvalue weighted by Crippen LogP contribution is 2.26. The largest absolute Gasteiger partial charge is 0.326 e. The first-order chi connectivity index (χ1) is 8.01. The van der Waals surface area contributed by atoms with Gasteiger partial charge in [0.25, 0.3) is 0 Å². The van der Waals surface area contributed by atoms with E-state index in [1.165, 1.54) is 6.07 Å². The third-order valence-corrected chi connectivity index (χ3v) is 3.33. The topological polar surface area (TPSA) is 41.1 Å². The summed E-state index contributed by atoms with van der Waals surface area (Å²) in [5.74, 6) is -0.259. The quantitative estimate of drug-likeness (QED) is 0.825. The van der Waals surface area contributed by atoms with Crippen LogP contribution in [0.15, 0.2) is 18.2 Å². The molecular formula is C13H17FN2O. The summed E-state index contributed by atoms with van der Waals surface area (Å²) < 4.78 is 13.1. The van der Waals surface area contributed by atoms with E-state index in [0.717, 1.165) is 13.0 Å². The molecule has 0 radical (unpaired) electrons. The summed E-state index contributed by atoms with van der Waals surface area (Å²) in [7, 11) is 0. The van der Waals surface area contributed by atoms with Gasteiger partial charge in [-0.1, -0.05) is 0 Å². The lowest BCUT2D eigenvalue weighted by Crippen LogP contribution is -2.35. The SMILES string of the molecule is Cc1cc(NC(=O)C2(C)CCNC2)ccc1F. The number of carbonyl (C=O) groups is 1. The summed E-state index contributed by atoms with van der Waals surface area (Å²) in [5.41, 5.74) is 0.835. The van der Waals surface area contributed by atoms with Crippen molar-refractivity contribution >= 4 is 11.6 Å². The molecule has 3 nitrogen and oxygen atoms in total. The second-order valence-electron chi connectivity index (χ2n) is 4.91. The highest BCUT2D eigenvalue weighted by Gasteiger charge is 2.36. The maximum Gasteiger partial charge on any atom is 0.231 e. The van der Waals surface area contributed by atoms with Crippen LogP contribution in [0, 0.1) is 18.2 Å². The number of hydrogen-bond acceptors (Lipinski definition) is 2. The second-order valence-corrected chi connectivity index (χ2v) is 4.91. The average molecular weight is 236 g/mol. The number of hydrogen-bond donors (Lipinski definition) is 2. The number of aryl methyl sites for hydroxylation is 1. The number of benzene rings is 1. The van der Waals surface area contributed by atoms with Crippen molar-refractivity contribution in [1.82, 2.24) is 5.32 Å². The van der Waals surface area contributed by atoms with E-state index in [1.54, 1.807) is 19.1 Å². The van der Waals surface area contributed by atoms with Crippen molar-refractivity contribution in [2.75, 3.05) is 18.4 Å². The van der Waals surface area contributed by atoms with Gasteiger partial charge in [0.05, 0.1) is 5.41 Å². The maximum atomic E-state index is 13.1. The maximum absolute atomic E-state index is 13.1. The number of halogens is 1. The monoisotopic (exact) mass is 236 g/mol. The third kappa shape index (κ3) is 2.47. The van der Waals surface area contributed by atoms with E-state index >= 15 is 0 Å². The van der Waals surface area contributed by atoms with Crippen molar-refractivity contribution in [2.24, 2.45) is 5.41 Å². The normalized spacial score (nSPS) is 23.7. The highest BCUT2D eigenvalue weighted by atomic mass is 19.1. The van der Waals surface area contributed by atoms with Gasteiger partial charge in [0, 0.05) is 12.2 Å². The van der Waals surface area contributed by atoms with Crippen molar-refractivity contribution < 1.29 is 9.18 Å². The third-order valence-electron chi connectivity index (χ3n) is 3.33. The van der Waals surface area contributed by atoms with E-state index < -0.39 is 0 Å². The molecular weight excluding hydrogens is 219 g/mol. The molecule has 0 saturated carbocycles. The fourth-order valence-electron chi connectivity index (χ4n) is 2.02. The van der Waals surface area contributed by atoms with Crippen LogP contribution in [0.1, 0.15) is 18.9 Å². The number of nitrogens with one attached hydrogen (secondary N) is 2. The number of anilines is 1. The van der Waals surface area contributed by atoms with Crippen molar-refractivity contribution in [2.45, 2.75) is 20.3 Å². The van der Waals surface area contributed by atoms with Crippen LogP contribution in [0.3, 0.4) is 0 Å². The van der Waals surface area contributed by atoms with Crippen molar-refractivity contribution in [3.05, 3.63) is 29.6 Å². The molecule has 0 spiro atoms. The van der Waals surface area contributed by atoms with Crippen LogP contribution in [0.4, 0.5) is 10.1 Å². The number of rotatable bonds is 2. The Morgan fingerprint density at radius 1 is 1.53 bits per heavy atom. The van der Waals surface area contributed by atoms with Crippen molar-refractivity contribution in [3.8, 4) is 0 Å². The summed E-state index contributed by atoms with van der Waals surface area (Å²) in [5, 5.41) is 6.03. The molecule has 1 amide bonds. The molecule has 1 atom stereocenters. The average Bonchev–Trinajstić information content (AvgIpc) is 2.72. The second kappa shape index (κ2) is 4.45. The first-order valence-electron chi connectivity index (χ1n) is 5.80. The van der Waals surface area contributed by atoms with Gasteiger partial charge >= 0.3 is 0 Å². The van der Waals surface area contributed by atoms with Gasteiger partial charge in [-0.25, -0.2) is 4.39 Å². The molecule has 1 aromatic carbocycles. The fourth-order valence-corrected chi connectivity index (χ4v) is 2.02. The minimum absolute atomic E-state index is 0.00601. The Balaban J connectivity index is 2.10. The number of amides is 1. The zero-order valence-electron chi connectivity index (χ0n) is 10.1. The van der Waals surface area contributed by atoms with E-state index in [9.17, 15) is 9.18 Å². The van der Waals surface area contributed by atoms with Crippen LogP contribution in [-0.4, -0.2) is 19.0 Å². The zero-order valence-corrected chi connectivity index (χ0v) is 10.1. The predicted molar refractivity (Wildman–Crippen MR) is 65.4 cm³/mol. The van der Waals surface area contributed by atoms with Crippen LogP contribution in [0.5, 0.6) is 0 Å². The van der Waals surface area contributed by atoms with Crippen LogP contribution in [0.2, 0.25) is 0 Å². The predicted octanol–water partition coefficient (Wildman–Crippen LogP) is 2.07. The molecule has 1 aliphatic heterocycles. The van der Waals surface area contributed by atoms with E-state index in [-0.39, 0.29) is 17.1 Å². The summed E-state index contributed by atoms with van der Waals surface area (Å²) in [6, 6.07) is 4.62. The van der Waals surface area contributed by atoms with Crippen LogP contribution >= 0.6 is 0 Å². The van der Waals surface area contributed by atoms with Gasteiger partial charge in [0.2, 0.25) is 5.91 Å². The lowest BCUT2D eigenvalue weighted by Gasteiger charge is -2.21. The van der Waals surface area contributed by atoms with Gasteiger partial charge in [0.15, 0.2) is 0 Å². The van der Waals surface area contributed by atoms with E-state index in [1.807, 2.05) is 6.92 Å². The lowest BCUT2D eigenvalue weighted by atomic mass is 9.88. The first-order valence-corrected chi connectivity index (χ1v) is 5.80. The molecule has 1 unspecified atom stereocenters.